The van der Waals surface area contributed by atoms with Crippen molar-refractivity contribution in [1.29, 1.82) is 0 Å². The Morgan fingerprint density at radius 2 is 1.82 bits per heavy atom. The largest absolute Gasteiger partial charge is 0.331 e. The molecule has 2 N–H and O–H groups in total. The van der Waals surface area contributed by atoms with E-state index in [9.17, 15) is 4.79 Å². The maximum Gasteiger partial charge on any atom is 0.319 e. The van der Waals surface area contributed by atoms with Gasteiger partial charge in [-0.25, -0.2) is 4.79 Å². The van der Waals surface area contributed by atoms with Gasteiger partial charge in [-0.1, -0.05) is 71.4 Å². The summed E-state index contributed by atoms with van der Waals surface area (Å²) in [5.74, 6) is 1.25. The number of hydrogen-bond acceptors (Lipinski definition) is 4. The number of nitrogens with one attached hydrogen (secondary N) is 2. The second-order valence-electron chi connectivity index (χ2n) is 7.72. The van der Waals surface area contributed by atoms with Crippen molar-refractivity contribution in [3.63, 3.8) is 0 Å². The molecule has 0 atom stereocenters. The molecule has 0 saturated carbocycles. The van der Waals surface area contributed by atoms with Gasteiger partial charge in [0.2, 0.25) is 0 Å². The molecule has 0 spiro atoms. The van der Waals surface area contributed by atoms with Crippen LogP contribution in [0, 0.1) is 13.8 Å². The van der Waals surface area contributed by atoms with Gasteiger partial charge in [0.15, 0.2) is 11.0 Å². The van der Waals surface area contributed by atoms with Crippen molar-refractivity contribution in [3.8, 4) is 5.69 Å². The molecule has 6 nitrogen and oxygen atoms in total. The average molecular weight is 512 g/mol. The predicted molar refractivity (Wildman–Crippen MR) is 139 cm³/mol. The minimum atomic E-state index is -0.341. The van der Waals surface area contributed by atoms with Gasteiger partial charge < -0.3 is 10.6 Å². The van der Waals surface area contributed by atoms with E-state index in [-0.39, 0.29) is 12.6 Å². The molecule has 0 fully saturated rings. The van der Waals surface area contributed by atoms with Crippen LogP contribution in [0.4, 0.5) is 10.5 Å². The third-order valence-corrected chi connectivity index (χ3v) is 6.68. The van der Waals surface area contributed by atoms with Gasteiger partial charge in [-0.2, -0.15) is 0 Å². The zero-order valence-electron chi connectivity index (χ0n) is 18.7. The number of carbonyl (C=O) groups is 1. The van der Waals surface area contributed by atoms with Gasteiger partial charge in [-0.15, -0.1) is 10.2 Å². The van der Waals surface area contributed by atoms with E-state index in [4.69, 9.17) is 23.2 Å². The van der Waals surface area contributed by atoms with Crippen LogP contribution in [-0.4, -0.2) is 20.8 Å². The molecule has 4 rings (SSSR count). The maximum atomic E-state index is 12.5. The molecule has 174 valence electrons. The van der Waals surface area contributed by atoms with Crippen LogP contribution in [0.3, 0.4) is 0 Å². The number of carbonyl (C=O) groups excluding carboxylic acids is 1. The molecule has 0 radical (unpaired) electrons. The molecular formula is C25H23Cl2N5OS. The fourth-order valence-electron chi connectivity index (χ4n) is 3.38. The molecule has 3 aromatic carbocycles. The van der Waals surface area contributed by atoms with Gasteiger partial charge in [0.05, 0.1) is 17.3 Å². The Balaban J connectivity index is 1.57. The third-order valence-electron chi connectivity index (χ3n) is 5.15. The van der Waals surface area contributed by atoms with E-state index < -0.39 is 0 Å². The quantitative estimate of drug-likeness (QED) is 0.267. The maximum absolute atomic E-state index is 12.5. The first kappa shape index (κ1) is 24.1. The molecule has 0 saturated heterocycles. The van der Waals surface area contributed by atoms with Crippen LogP contribution in [0.5, 0.6) is 0 Å². The van der Waals surface area contributed by atoms with E-state index in [0.717, 1.165) is 5.56 Å². The second-order valence-corrected chi connectivity index (χ2v) is 9.51. The van der Waals surface area contributed by atoms with Crippen molar-refractivity contribution in [3.05, 3.63) is 99.3 Å². The molecular weight excluding hydrogens is 489 g/mol. The average Bonchev–Trinajstić information content (AvgIpc) is 3.21. The first-order valence-electron chi connectivity index (χ1n) is 10.6. The van der Waals surface area contributed by atoms with Crippen LogP contribution < -0.4 is 10.6 Å². The third kappa shape index (κ3) is 5.91. The molecule has 1 aromatic heterocycles. The zero-order chi connectivity index (χ0) is 24.1. The van der Waals surface area contributed by atoms with Crippen LogP contribution in [0.25, 0.3) is 5.69 Å². The SMILES string of the molecule is Cc1cccc(NC(=O)NCc2nnc(SCc3ccccc3C)n2-c2cc(Cl)ccc2Cl)c1. The van der Waals surface area contributed by atoms with Gasteiger partial charge in [0, 0.05) is 16.5 Å². The number of aromatic nitrogens is 3. The number of halogens is 2. The Morgan fingerprint density at radius 3 is 2.62 bits per heavy atom. The van der Waals surface area contributed by atoms with Crippen LogP contribution in [-0.2, 0) is 12.3 Å². The molecule has 1 heterocycles. The number of anilines is 1. The van der Waals surface area contributed by atoms with Gasteiger partial charge >= 0.3 is 6.03 Å². The molecule has 0 bridgehead atoms. The molecule has 9 heteroatoms. The van der Waals surface area contributed by atoms with Gasteiger partial charge in [0.1, 0.15) is 0 Å². The number of thioether (sulfide) groups is 1. The summed E-state index contributed by atoms with van der Waals surface area (Å²) in [6.45, 7) is 4.20. The number of rotatable bonds is 7. The lowest BCUT2D eigenvalue weighted by Crippen LogP contribution is -2.29. The smallest absolute Gasteiger partial charge is 0.319 e. The predicted octanol–water partition coefficient (Wildman–Crippen LogP) is 6.80. The monoisotopic (exact) mass is 511 g/mol. The summed E-state index contributed by atoms with van der Waals surface area (Å²) >= 11 is 14.3. The Bertz CT molecular complexity index is 1320. The molecule has 4 aromatic rings. The summed E-state index contributed by atoms with van der Waals surface area (Å²) in [6, 6.07) is 20.7. The Kier molecular flexibility index (Phi) is 7.77. The van der Waals surface area contributed by atoms with Gasteiger partial charge in [-0.05, 0) is 60.9 Å². The lowest BCUT2D eigenvalue weighted by atomic mass is 10.1. The molecule has 0 aliphatic rings. The van der Waals surface area contributed by atoms with Crippen LogP contribution in [0.2, 0.25) is 10.0 Å². The highest BCUT2D eigenvalue weighted by molar-refractivity contribution is 7.98. The van der Waals surface area contributed by atoms with E-state index in [2.05, 4.69) is 39.9 Å². The Labute approximate surface area is 212 Å². The topological polar surface area (TPSA) is 71.8 Å². The van der Waals surface area contributed by atoms with Gasteiger partial charge in [0.25, 0.3) is 0 Å². The number of urea groups is 1. The van der Waals surface area contributed by atoms with Crippen LogP contribution >= 0.6 is 35.0 Å². The fraction of sp³-hybridized carbons (Fsp3) is 0.160. The standard InChI is InChI=1S/C25H23Cl2N5OS/c1-16-6-5-9-20(12-16)29-24(33)28-14-23-30-31-25(34-15-18-8-4-3-7-17(18)2)32(23)22-13-19(26)10-11-21(22)27/h3-13H,14-15H2,1-2H3,(H2,28,29,33). The van der Waals surface area contributed by atoms with Crippen molar-refractivity contribution in [1.82, 2.24) is 20.1 Å². The highest BCUT2D eigenvalue weighted by atomic mass is 35.5. The fourth-order valence-corrected chi connectivity index (χ4v) is 4.79. The zero-order valence-corrected chi connectivity index (χ0v) is 21.0. The first-order chi connectivity index (χ1) is 16.4. The molecule has 0 unspecified atom stereocenters. The van der Waals surface area contributed by atoms with Crippen LogP contribution in [0.1, 0.15) is 22.5 Å². The number of nitrogens with zero attached hydrogens (tertiary/aromatic N) is 3. The summed E-state index contributed by atoms with van der Waals surface area (Å²) in [7, 11) is 0. The Hall–Kier alpha value is -3.00. The van der Waals surface area contributed by atoms with E-state index >= 15 is 0 Å². The van der Waals surface area contributed by atoms with E-state index in [1.54, 1.807) is 30.0 Å². The van der Waals surface area contributed by atoms with Crippen molar-refractivity contribution in [2.75, 3.05) is 5.32 Å². The minimum Gasteiger partial charge on any atom is -0.331 e. The summed E-state index contributed by atoms with van der Waals surface area (Å²) in [5, 5.41) is 16.1. The molecule has 34 heavy (non-hydrogen) atoms. The van der Waals surface area contributed by atoms with E-state index in [0.29, 0.717) is 38.2 Å². The lowest BCUT2D eigenvalue weighted by Gasteiger charge is -2.13. The molecule has 0 aliphatic carbocycles. The molecule has 2 amide bonds. The van der Waals surface area contributed by atoms with Gasteiger partial charge in [-0.3, -0.25) is 4.57 Å². The summed E-state index contributed by atoms with van der Waals surface area (Å²) in [5.41, 5.74) is 4.84. The van der Waals surface area contributed by atoms with Crippen molar-refractivity contribution in [2.24, 2.45) is 0 Å². The Morgan fingerprint density at radius 1 is 1.00 bits per heavy atom. The second kappa shape index (κ2) is 11.0. The van der Waals surface area contributed by atoms with Crippen molar-refractivity contribution < 1.29 is 4.79 Å². The number of aryl methyl sites for hydroxylation is 2. The summed E-state index contributed by atoms with van der Waals surface area (Å²) < 4.78 is 1.84. The number of benzene rings is 3. The van der Waals surface area contributed by atoms with E-state index in [1.807, 2.05) is 47.9 Å². The highest BCUT2D eigenvalue weighted by Gasteiger charge is 2.18. The molecule has 0 aliphatic heterocycles. The highest BCUT2D eigenvalue weighted by Crippen LogP contribution is 2.31. The lowest BCUT2D eigenvalue weighted by molar-refractivity contribution is 0.251. The summed E-state index contributed by atoms with van der Waals surface area (Å²) in [6.07, 6.45) is 0. The van der Waals surface area contributed by atoms with Crippen LogP contribution in [0.15, 0.2) is 71.9 Å². The van der Waals surface area contributed by atoms with Crippen molar-refractivity contribution in [2.45, 2.75) is 31.3 Å². The summed E-state index contributed by atoms with van der Waals surface area (Å²) in [4.78, 5) is 12.5. The number of hydrogen-bond donors (Lipinski definition) is 2. The number of amides is 2. The minimum absolute atomic E-state index is 0.151. The first-order valence-corrected chi connectivity index (χ1v) is 12.3. The van der Waals surface area contributed by atoms with Crippen molar-refractivity contribution >= 4 is 46.7 Å². The normalized spacial score (nSPS) is 10.8. The van der Waals surface area contributed by atoms with E-state index in [1.165, 1.54) is 11.1 Å².